The molecule has 0 bridgehead atoms. The molecule has 4 rings (SSSR count). The number of carbonyl (C=O) groups excluding carboxylic acids is 1. The van der Waals surface area contributed by atoms with Gasteiger partial charge in [0, 0.05) is 18.3 Å². The summed E-state index contributed by atoms with van der Waals surface area (Å²) in [4.78, 5) is 12.4. The molecule has 3 aromatic rings. The Kier molecular flexibility index (Phi) is 5.42. The maximum Gasteiger partial charge on any atom is 0.264 e. The van der Waals surface area contributed by atoms with E-state index < -0.39 is 10.0 Å². The number of sulfonamides is 1. The minimum atomic E-state index is -3.64. The van der Waals surface area contributed by atoms with Crippen LogP contribution in [0, 0.1) is 6.92 Å². The van der Waals surface area contributed by atoms with Crippen LogP contribution in [0.1, 0.15) is 16.7 Å². The molecule has 6 heteroatoms. The number of hydrogen-bond donors (Lipinski definition) is 1. The highest BCUT2D eigenvalue weighted by atomic mass is 32.2. The van der Waals surface area contributed by atoms with Crippen LogP contribution in [0.4, 0.5) is 11.4 Å². The number of aryl methyl sites for hydroxylation is 1. The molecule has 152 valence electrons. The molecule has 1 amide bonds. The molecule has 5 nitrogen and oxygen atoms in total. The van der Waals surface area contributed by atoms with Crippen LogP contribution in [-0.4, -0.2) is 20.9 Å². The van der Waals surface area contributed by atoms with E-state index in [0.717, 1.165) is 22.4 Å². The Morgan fingerprint density at radius 2 is 1.67 bits per heavy atom. The Bertz CT molecular complexity index is 1220. The SMILES string of the molecule is Cc1ccccc1/C=C/C(=O)Nc1ccc(S(=O)(=O)N2CCc3ccccc32)cc1. The van der Waals surface area contributed by atoms with Gasteiger partial charge in [0.1, 0.15) is 0 Å². The molecule has 0 aliphatic carbocycles. The zero-order valence-electron chi connectivity index (χ0n) is 16.6. The van der Waals surface area contributed by atoms with Crippen molar-refractivity contribution >= 4 is 33.4 Å². The third-order valence-electron chi connectivity index (χ3n) is 5.16. The molecule has 0 saturated heterocycles. The fourth-order valence-electron chi connectivity index (χ4n) is 3.52. The van der Waals surface area contributed by atoms with Crippen molar-refractivity contribution in [1.29, 1.82) is 0 Å². The van der Waals surface area contributed by atoms with Crippen LogP contribution in [0.5, 0.6) is 0 Å². The molecule has 30 heavy (non-hydrogen) atoms. The van der Waals surface area contributed by atoms with Crippen molar-refractivity contribution in [3.8, 4) is 0 Å². The highest BCUT2D eigenvalue weighted by molar-refractivity contribution is 7.92. The molecule has 0 radical (unpaired) electrons. The number of anilines is 2. The van der Waals surface area contributed by atoms with Crippen LogP contribution in [0.15, 0.2) is 83.8 Å². The van der Waals surface area contributed by atoms with Gasteiger partial charge in [0.25, 0.3) is 10.0 Å². The largest absolute Gasteiger partial charge is 0.323 e. The summed E-state index contributed by atoms with van der Waals surface area (Å²) < 4.78 is 27.5. The second-order valence-electron chi connectivity index (χ2n) is 7.16. The Balaban J connectivity index is 1.47. The van der Waals surface area contributed by atoms with E-state index in [1.54, 1.807) is 18.2 Å². The smallest absolute Gasteiger partial charge is 0.264 e. The molecule has 0 aromatic heterocycles. The quantitative estimate of drug-likeness (QED) is 0.625. The molecule has 1 aliphatic rings. The lowest BCUT2D eigenvalue weighted by Crippen LogP contribution is -2.29. The number of nitrogens with one attached hydrogen (secondary N) is 1. The van der Waals surface area contributed by atoms with E-state index in [1.807, 2.05) is 55.5 Å². The van der Waals surface area contributed by atoms with Gasteiger partial charge in [0.2, 0.25) is 5.91 Å². The first-order valence-electron chi connectivity index (χ1n) is 9.70. The molecule has 1 aliphatic heterocycles. The topological polar surface area (TPSA) is 66.5 Å². The molecular weight excluding hydrogens is 396 g/mol. The number of rotatable bonds is 5. The highest BCUT2D eigenvalue weighted by Gasteiger charge is 2.30. The predicted molar refractivity (Wildman–Crippen MR) is 120 cm³/mol. The number of para-hydroxylation sites is 1. The van der Waals surface area contributed by atoms with Crippen molar-refractivity contribution in [2.75, 3.05) is 16.2 Å². The van der Waals surface area contributed by atoms with Crippen LogP contribution in [0.3, 0.4) is 0 Å². The van der Waals surface area contributed by atoms with Crippen molar-refractivity contribution in [3.63, 3.8) is 0 Å². The Morgan fingerprint density at radius 3 is 2.43 bits per heavy atom. The maximum absolute atomic E-state index is 13.0. The maximum atomic E-state index is 13.0. The average molecular weight is 419 g/mol. The van der Waals surface area contributed by atoms with Crippen molar-refractivity contribution in [2.24, 2.45) is 0 Å². The van der Waals surface area contributed by atoms with Gasteiger partial charge in [0.15, 0.2) is 0 Å². The van der Waals surface area contributed by atoms with Crippen molar-refractivity contribution in [3.05, 3.63) is 95.6 Å². The lowest BCUT2D eigenvalue weighted by molar-refractivity contribution is -0.111. The van der Waals surface area contributed by atoms with Gasteiger partial charge in [-0.3, -0.25) is 9.10 Å². The van der Waals surface area contributed by atoms with Gasteiger partial charge < -0.3 is 5.32 Å². The lowest BCUT2D eigenvalue weighted by Gasteiger charge is -2.19. The standard InChI is InChI=1S/C24H22N2O3S/c1-18-6-2-3-7-19(18)10-15-24(27)25-21-11-13-22(14-12-21)30(28,29)26-17-16-20-8-4-5-9-23(20)26/h2-15H,16-17H2,1H3,(H,25,27)/b15-10+. The van der Waals surface area contributed by atoms with E-state index in [2.05, 4.69) is 5.32 Å². The van der Waals surface area contributed by atoms with Crippen LogP contribution >= 0.6 is 0 Å². The predicted octanol–water partition coefficient (Wildman–Crippen LogP) is 4.40. The zero-order valence-corrected chi connectivity index (χ0v) is 17.4. The van der Waals surface area contributed by atoms with Crippen LogP contribution < -0.4 is 9.62 Å². The highest BCUT2D eigenvalue weighted by Crippen LogP contribution is 2.32. The summed E-state index contributed by atoms with van der Waals surface area (Å²) >= 11 is 0. The summed E-state index contributed by atoms with van der Waals surface area (Å²) in [5.74, 6) is -0.276. The Morgan fingerprint density at radius 1 is 0.967 bits per heavy atom. The summed E-state index contributed by atoms with van der Waals surface area (Å²) in [6, 6.07) is 21.6. The second kappa shape index (κ2) is 8.16. The van der Waals surface area contributed by atoms with Crippen LogP contribution in [0.2, 0.25) is 0 Å². The second-order valence-corrected chi connectivity index (χ2v) is 9.02. The van der Waals surface area contributed by atoms with E-state index in [-0.39, 0.29) is 10.8 Å². The van der Waals surface area contributed by atoms with E-state index in [0.29, 0.717) is 18.7 Å². The van der Waals surface area contributed by atoms with Gasteiger partial charge >= 0.3 is 0 Å². The van der Waals surface area contributed by atoms with Gasteiger partial charge in [-0.05, 0) is 66.4 Å². The zero-order chi connectivity index (χ0) is 21.1. The minimum absolute atomic E-state index is 0.202. The first-order chi connectivity index (χ1) is 14.4. The molecular formula is C24H22N2O3S. The van der Waals surface area contributed by atoms with E-state index in [4.69, 9.17) is 0 Å². The molecule has 1 N–H and O–H groups in total. The third-order valence-corrected chi connectivity index (χ3v) is 6.98. The Labute approximate surface area is 176 Å². The van der Waals surface area contributed by atoms with Crippen molar-refractivity contribution < 1.29 is 13.2 Å². The number of carbonyl (C=O) groups is 1. The van der Waals surface area contributed by atoms with Gasteiger partial charge in [-0.2, -0.15) is 0 Å². The average Bonchev–Trinajstić information content (AvgIpc) is 3.19. The van der Waals surface area contributed by atoms with Crippen LogP contribution in [-0.2, 0) is 21.2 Å². The molecule has 1 heterocycles. The monoisotopic (exact) mass is 418 g/mol. The molecule has 0 fully saturated rings. The van der Waals surface area contributed by atoms with Gasteiger partial charge in [-0.15, -0.1) is 0 Å². The molecule has 0 saturated carbocycles. The first-order valence-corrected chi connectivity index (χ1v) is 11.1. The van der Waals surface area contributed by atoms with Crippen molar-refractivity contribution in [2.45, 2.75) is 18.2 Å². The fourth-order valence-corrected chi connectivity index (χ4v) is 5.02. The van der Waals surface area contributed by atoms with E-state index >= 15 is 0 Å². The number of hydrogen-bond acceptors (Lipinski definition) is 3. The molecule has 0 spiro atoms. The van der Waals surface area contributed by atoms with Crippen LogP contribution in [0.25, 0.3) is 6.08 Å². The first kappa shape index (κ1) is 19.9. The van der Waals surface area contributed by atoms with Gasteiger partial charge in [-0.1, -0.05) is 42.5 Å². The number of nitrogens with zero attached hydrogens (tertiary/aromatic N) is 1. The summed E-state index contributed by atoms with van der Waals surface area (Å²) in [5.41, 5.74) is 4.36. The molecule has 0 unspecified atom stereocenters. The third kappa shape index (κ3) is 4.00. The summed E-state index contributed by atoms with van der Waals surface area (Å²) in [6.07, 6.45) is 3.93. The normalized spacial score (nSPS) is 13.4. The Hall–Kier alpha value is -3.38. The number of fused-ring (bicyclic) bond motifs is 1. The molecule has 0 atom stereocenters. The number of amides is 1. The minimum Gasteiger partial charge on any atom is -0.323 e. The van der Waals surface area contributed by atoms with E-state index in [9.17, 15) is 13.2 Å². The summed E-state index contributed by atoms with van der Waals surface area (Å²) in [6.45, 7) is 2.42. The van der Waals surface area contributed by atoms with Gasteiger partial charge in [-0.25, -0.2) is 8.42 Å². The fraction of sp³-hybridized carbons (Fsp3) is 0.125. The summed E-state index contributed by atoms with van der Waals surface area (Å²) in [7, 11) is -3.64. The summed E-state index contributed by atoms with van der Waals surface area (Å²) in [5, 5.41) is 2.76. The van der Waals surface area contributed by atoms with Gasteiger partial charge in [0.05, 0.1) is 10.6 Å². The lowest BCUT2D eigenvalue weighted by atomic mass is 10.1. The van der Waals surface area contributed by atoms with Crippen molar-refractivity contribution in [1.82, 2.24) is 0 Å². The molecule has 3 aromatic carbocycles. The number of benzene rings is 3. The van der Waals surface area contributed by atoms with E-state index in [1.165, 1.54) is 22.5 Å².